The van der Waals surface area contributed by atoms with Crippen molar-refractivity contribution in [2.75, 3.05) is 13.1 Å². The Bertz CT molecular complexity index is 835. The zero-order chi connectivity index (χ0) is 27.0. The van der Waals surface area contributed by atoms with Crippen LogP contribution in [0.1, 0.15) is 91.4 Å². The van der Waals surface area contributed by atoms with Gasteiger partial charge < -0.3 is 32.1 Å². The summed E-state index contributed by atoms with van der Waals surface area (Å²) >= 11 is 0. The topological polar surface area (TPSA) is 154 Å². The molecule has 4 aliphatic rings. The Kier molecular flexibility index (Phi) is 8.81. The normalized spacial score (nSPS) is 43.7. The molecule has 11 atom stereocenters. The Morgan fingerprint density at radius 1 is 0.973 bits per heavy atom. The molecular formula is C29H52N4O4. The number of nitrogens with two attached hydrogens (primary N) is 2. The second-order valence-electron chi connectivity index (χ2n) is 13.4. The van der Waals surface area contributed by atoms with E-state index in [0.29, 0.717) is 49.6 Å². The third-order valence-corrected chi connectivity index (χ3v) is 11.5. The Morgan fingerprint density at radius 3 is 2.41 bits per heavy atom. The first-order valence-electron chi connectivity index (χ1n) is 14.8. The van der Waals surface area contributed by atoms with Gasteiger partial charge in [0.05, 0.1) is 18.3 Å². The summed E-state index contributed by atoms with van der Waals surface area (Å²) in [5, 5.41) is 36.0. The number of aliphatic hydroxyl groups is 3. The van der Waals surface area contributed by atoms with Crippen LogP contribution in [0.2, 0.25) is 0 Å². The van der Waals surface area contributed by atoms with Crippen LogP contribution in [0.25, 0.3) is 0 Å². The molecule has 0 aromatic heterocycles. The van der Waals surface area contributed by atoms with Crippen LogP contribution < -0.4 is 16.8 Å². The minimum absolute atomic E-state index is 0.00502. The second kappa shape index (κ2) is 11.4. The molecule has 4 saturated carbocycles. The molecule has 1 amide bonds. The fourth-order valence-electron chi connectivity index (χ4n) is 9.54. The van der Waals surface area contributed by atoms with Gasteiger partial charge in [0.1, 0.15) is 0 Å². The highest BCUT2D eigenvalue weighted by Crippen LogP contribution is 2.68. The number of amides is 1. The summed E-state index contributed by atoms with van der Waals surface area (Å²) in [5.74, 6) is 2.13. The number of rotatable bonds is 9. The van der Waals surface area contributed by atoms with Crippen molar-refractivity contribution in [1.82, 2.24) is 5.32 Å². The second-order valence-corrected chi connectivity index (χ2v) is 13.4. The van der Waals surface area contributed by atoms with E-state index in [9.17, 15) is 20.1 Å². The van der Waals surface area contributed by atoms with Gasteiger partial charge in [-0.05, 0) is 111 Å². The molecular weight excluding hydrogens is 468 g/mol. The lowest BCUT2D eigenvalue weighted by Gasteiger charge is -2.63. The highest BCUT2D eigenvalue weighted by molar-refractivity contribution is 5.76. The number of carbonyl (C=O) groups is 1. The van der Waals surface area contributed by atoms with E-state index >= 15 is 0 Å². The highest BCUT2D eigenvalue weighted by Gasteiger charge is 2.65. The van der Waals surface area contributed by atoms with Gasteiger partial charge in [-0.3, -0.25) is 9.79 Å². The summed E-state index contributed by atoms with van der Waals surface area (Å²) in [6.07, 6.45) is 8.16. The first kappa shape index (κ1) is 28.6. The number of aliphatic hydroxyl groups excluding tert-OH is 3. The fourth-order valence-corrected chi connectivity index (χ4v) is 9.54. The van der Waals surface area contributed by atoms with E-state index in [-0.39, 0.29) is 40.6 Å². The summed E-state index contributed by atoms with van der Waals surface area (Å²) in [6.45, 7) is 8.30. The molecule has 4 aliphatic carbocycles. The Hall–Kier alpha value is -1.38. The maximum atomic E-state index is 12.5. The molecule has 4 fully saturated rings. The first-order chi connectivity index (χ1) is 17.5. The molecule has 0 aromatic rings. The lowest BCUT2D eigenvalue weighted by molar-refractivity contribution is -0.223. The fraction of sp³-hybridized carbons (Fsp3) is 0.931. The molecule has 8 nitrogen and oxygen atoms in total. The van der Waals surface area contributed by atoms with Crippen LogP contribution in [0.5, 0.6) is 0 Å². The van der Waals surface area contributed by atoms with Crippen LogP contribution in [0, 0.1) is 46.3 Å². The molecule has 8 N–H and O–H groups in total. The van der Waals surface area contributed by atoms with Crippen molar-refractivity contribution < 1.29 is 20.1 Å². The number of fused-ring (bicyclic) bond motifs is 5. The van der Waals surface area contributed by atoms with E-state index in [1.165, 1.54) is 0 Å². The van der Waals surface area contributed by atoms with Gasteiger partial charge in [0.25, 0.3) is 0 Å². The zero-order valence-corrected chi connectivity index (χ0v) is 23.2. The standard InChI is InChI=1S/C29H52N4O4/c1-17(6-9-23(35)32-14-4-5-15-33-27(30)31)19-7-8-20-24-21(11-13-28(19,20)2)29(3)12-10-18(34)16-22(29)25(36)26(24)37/h17-22,24-26,34,36-37H,4-16H2,1-3H3,(H,32,35)(H4,30,31,33)/t17-,18-,19-,20+,21+,22+,24+,25-,26+,28-,29-/m0/s1. The number of aliphatic imine (C=N–C) groups is 1. The molecule has 0 saturated heterocycles. The quantitative estimate of drug-likeness (QED) is 0.156. The summed E-state index contributed by atoms with van der Waals surface area (Å²) in [7, 11) is 0. The maximum Gasteiger partial charge on any atom is 0.220 e. The van der Waals surface area contributed by atoms with E-state index in [0.717, 1.165) is 57.8 Å². The molecule has 0 spiro atoms. The number of unbranched alkanes of at least 4 members (excludes halogenated alkanes) is 1. The lowest BCUT2D eigenvalue weighted by Crippen LogP contribution is -2.64. The van der Waals surface area contributed by atoms with Crippen molar-refractivity contribution in [3.63, 3.8) is 0 Å². The zero-order valence-electron chi connectivity index (χ0n) is 23.2. The monoisotopic (exact) mass is 520 g/mol. The van der Waals surface area contributed by atoms with E-state index in [1.54, 1.807) is 0 Å². The molecule has 0 aliphatic heterocycles. The van der Waals surface area contributed by atoms with Crippen LogP contribution in [0.4, 0.5) is 0 Å². The molecule has 8 heteroatoms. The van der Waals surface area contributed by atoms with E-state index in [2.05, 4.69) is 31.1 Å². The smallest absolute Gasteiger partial charge is 0.220 e. The van der Waals surface area contributed by atoms with Crippen molar-refractivity contribution in [3.05, 3.63) is 0 Å². The Morgan fingerprint density at radius 2 is 1.68 bits per heavy atom. The molecule has 4 rings (SSSR count). The van der Waals surface area contributed by atoms with Crippen LogP contribution in [-0.2, 0) is 4.79 Å². The van der Waals surface area contributed by atoms with Gasteiger partial charge >= 0.3 is 0 Å². The largest absolute Gasteiger partial charge is 0.393 e. The van der Waals surface area contributed by atoms with E-state index < -0.39 is 12.2 Å². The number of nitrogens with one attached hydrogen (secondary N) is 1. The van der Waals surface area contributed by atoms with Gasteiger partial charge in [-0.1, -0.05) is 20.8 Å². The molecule has 37 heavy (non-hydrogen) atoms. The van der Waals surface area contributed by atoms with Crippen molar-refractivity contribution in [3.8, 4) is 0 Å². The molecule has 0 bridgehead atoms. The number of guanidine groups is 1. The van der Waals surface area contributed by atoms with E-state index in [4.69, 9.17) is 11.5 Å². The van der Waals surface area contributed by atoms with E-state index in [1.807, 2.05) is 0 Å². The number of hydrogen-bond acceptors (Lipinski definition) is 5. The van der Waals surface area contributed by atoms with Gasteiger partial charge in [-0.15, -0.1) is 0 Å². The predicted octanol–water partition coefficient (Wildman–Crippen LogP) is 2.53. The Labute approximate surface area is 223 Å². The van der Waals surface area contributed by atoms with Crippen molar-refractivity contribution in [2.45, 2.75) is 110 Å². The van der Waals surface area contributed by atoms with Gasteiger partial charge in [0, 0.05) is 19.5 Å². The third kappa shape index (κ3) is 5.53. The van der Waals surface area contributed by atoms with Gasteiger partial charge in [0.2, 0.25) is 5.91 Å². The van der Waals surface area contributed by atoms with Crippen LogP contribution >= 0.6 is 0 Å². The van der Waals surface area contributed by atoms with Gasteiger partial charge in [-0.25, -0.2) is 0 Å². The van der Waals surface area contributed by atoms with Crippen molar-refractivity contribution >= 4 is 11.9 Å². The molecule has 0 aromatic carbocycles. The number of hydrogen-bond donors (Lipinski definition) is 6. The van der Waals surface area contributed by atoms with Crippen LogP contribution in [-0.4, -0.2) is 58.6 Å². The maximum absolute atomic E-state index is 12.5. The molecule has 0 unspecified atom stereocenters. The summed E-state index contributed by atoms with van der Waals surface area (Å²) in [6, 6.07) is 0. The van der Waals surface area contributed by atoms with Crippen molar-refractivity contribution in [2.24, 2.45) is 62.8 Å². The SMILES string of the molecule is C[C@@H](CCC(=O)NCCCCN=C(N)N)[C@@H]1CC[C@@H]2[C@H]3[C@@H](O)[C@@H](O)[C@H]4C[C@@H](O)CC[C@@]4(C)[C@@H]3CC[C@]21C. The van der Waals surface area contributed by atoms with Crippen LogP contribution in [0.3, 0.4) is 0 Å². The Balaban J connectivity index is 1.33. The average molecular weight is 521 g/mol. The average Bonchev–Trinajstić information content (AvgIpc) is 3.21. The predicted molar refractivity (Wildman–Crippen MR) is 145 cm³/mol. The van der Waals surface area contributed by atoms with Gasteiger partial charge in [0.15, 0.2) is 5.96 Å². The van der Waals surface area contributed by atoms with Crippen molar-refractivity contribution in [1.29, 1.82) is 0 Å². The van der Waals surface area contributed by atoms with Crippen LogP contribution in [0.15, 0.2) is 4.99 Å². The summed E-state index contributed by atoms with van der Waals surface area (Å²) in [4.78, 5) is 16.4. The first-order valence-corrected chi connectivity index (χ1v) is 14.8. The minimum atomic E-state index is -0.747. The highest BCUT2D eigenvalue weighted by atomic mass is 16.3. The molecule has 0 radical (unpaired) electrons. The summed E-state index contributed by atoms with van der Waals surface area (Å²) < 4.78 is 0. The molecule has 0 heterocycles. The van der Waals surface area contributed by atoms with Gasteiger partial charge in [-0.2, -0.15) is 0 Å². The molecule has 212 valence electrons. The third-order valence-electron chi connectivity index (χ3n) is 11.5. The minimum Gasteiger partial charge on any atom is -0.393 e. The summed E-state index contributed by atoms with van der Waals surface area (Å²) in [5.41, 5.74) is 10.8. The number of nitrogens with zero attached hydrogens (tertiary/aromatic N) is 1. The lowest BCUT2D eigenvalue weighted by atomic mass is 9.43. The number of carbonyl (C=O) groups excluding carboxylic acids is 1.